The van der Waals surface area contributed by atoms with Gasteiger partial charge in [0.05, 0.1) is 26.9 Å². The predicted molar refractivity (Wildman–Crippen MR) is 79.0 cm³/mol. The number of hydrogen-bond donors (Lipinski definition) is 2. The van der Waals surface area contributed by atoms with E-state index in [2.05, 4.69) is 10.6 Å². The molecule has 2 amide bonds. The van der Waals surface area contributed by atoms with Crippen molar-refractivity contribution in [3.05, 3.63) is 23.8 Å². The maximum atomic E-state index is 11.7. The molecule has 1 aromatic carbocycles. The fourth-order valence-corrected chi connectivity index (χ4v) is 2.24. The average Bonchev–Trinajstić information content (AvgIpc) is 2.99. The van der Waals surface area contributed by atoms with Crippen LogP contribution in [0.5, 0.6) is 11.5 Å². The van der Waals surface area contributed by atoms with Crippen LogP contribution in [0.25, 0.3) is 0 Å². The lowest BCUT2D eigenvalue weighted by Crippen LogP contribution is -2.42. The molecule has 116 valence electrons. The zero-order chi connectivity index (χ0) is 15.1. The number of hydrogen-bond acceptors (Lipinski definition) is 4. The third-order valence-electron chi connectivity index (χ3n) is 3.41. The summed E-state index contributed by atoms with van der Waals surface area (Å²) >= 11 is 0. The van der Waals surface area contributed by atoms with E-state index in [1.54, 1.807) is 14.2 Å². The van der Waals surface area contributed by atoms with Gasteiger partial charge in [-0.3, -0.25) is 0 Å². The summed E-state index contributed by atoms with van der Waals surface area (Å²) in [6, 6.07) is 5.73. The Labute approximate surface area is 124 Å². The van der Waals surface area contributed by atoms with E-state index in [0.29, 0.717) is 24.7 Å². The van der Waals surface area contributed by atoms with E-state index in [9.17, 15) is 4.79 Å². The van der Waals surface area contributed by atoms with Crippen LogP contribution < -0.4 is 20.1 Å². The Kier molecular flexibility index (Phi) is 5.68. The molecule has 1 fully saturated rings. The summed E-state index contributed by atoms with van der Waals surface area (Å²) in [5, 5.41) is 5.73. The van der Waals surface area contributed by atoms with Gasteiger partial charge in [-0.25, -0.2) is 4.79 Å². The smallest absolute Gasteiger partial charge is 0.315 e. The van der Waals surface area contributed by atoms with Gasteiger partial charge >= 0.3 is 6.03 Å². The van der Waals surface area contributed by atoms with Crippen molar-refractivity contribution in [3.63, 3.8) is 0 Å². The fraction of sp³-hybridized carbons (Fsp3) is 0.533. The zero-order valence-electron chi connectivity index (χ0n) is 12.5. The number of ether oxygens (including phenoxy) is 3. The Bertz CT molecular complexity index is 473. The molecule has 1 atom stereocenters. The summed E-state index contributed by atoms with van der Waals surface area (Å²) in [4.78, 5) is 11.7. The second kappa shape index (κ2) is 7.73. The van der Waals surface area contributed by atoms with E-state index in [0.717, 1.165) is 25.0 Å². The van der Waals surface area contributed by atoms with Gasteiger partial charge in [0.1, 0.15) is 0 Å². The largest absolute Gasteiger partial charge is 0.493 e. The van der Waals surface area contributed by atoms with Gasteiger partial charge in [-0.2, -0.15) is 0 Å². The van der Waals surface area contributed by atoms with Crippen molar-refractivity contribution in [2.24, 2.45) is 0 Å². The van der Waals surface area contributed by atoms with Crippen molar-refractivity contribution in [1.29, 1.82) is 0 Å². The van der Waals surface area contributed by atoms with E-state index in [4.69, 9.17) is 14.2 Å². The number of carbonyl (C=O) groups excluding carboxylic acids is 1. The number of carbonyl (C=O) groups is 1. The maximum Gasteiger partial charge on any atom is 0.315 e. The van der Waals surface area contributed by atoms with Gasteiger partial charge in [-0.15, -0.1) is 0 Å². The molecule has 0 spiro atoms. The average molecular weight is 294 g/mol. The molecule has 6 nitrogen and oxygen atoms in total. The first kappa shape index (κ1) is 15.4. The second-order valence-corrected chi connectivity index (χ2v) is 4.90. The lowest BCUT2D eigenvalue weighted by atomic mass is 10.1. The molecule has 1 aliphatic rings. The molecule has 1 saturated heterocycles. The summed E-state index contributed by atoms with van der Waals surface area (Å²) in [5.74, 6) is 1.40. The van der Waals surface area contributed by atoms with Crippen LogP contribution in [-0.4, -0.2) is 46.1 Å². The topological polar surface area (TPSA) is 68.8 Å². The molecule has 6 heteroatoms. The van der Waals surface area contributed by atoms with Crippen LogP contribution in [-0.2, 0) is 11.2 Å². The number of urea groups is 1. The Morgan fingerprint density at radius 2 is 2.14 bits per heavy atom. The monoisotopic (exact) mass is 294 g/mol. The highest BCUT2D eigenvalue weighted by Gasteiger charge is 2.17. The van der Waals surface area contributed by atoms with Gasteiger partial charge in [0.2, 0.25) is 0 Å². The molecule has 1 aromatic rings. The molecule has 0 bridgehead atoms. The lowest BCUT2D eigenvalue weighted by molar-refractivity contribution is 0.188. The Hall–Kier alpha value is -1.95. The summed E-state index contributed by atoms with van der Waals surface area (Å²) in [6.45, 7) is 1.88. The molecule has 0 aliphatic carbocycles. The summed E-state index contributed by atoms with van der Waals surface area (Å²) in [7, 11) is 3.22. The molecule has 1 unspecified atom stereocenters. The molecular formula is C15H22N2O4. The van der Waals surface area contributed by atoms with E-state index < -0.39 is 0 Å². The number of benzene rings is 1. The van der Waals surface area contributed by atoms with Crippen LogP contribution in [0.15, 0.2) is 18.2 Å². The molecule has 2 N–H and O–H groups in total. The standard InChI is InChI=1S/C15H22N2O4/c1-19-13-4-3-11(9-14(13)20-2)5-7-16-15(18)17-12-6-8-21-10-12/h3-4,9,12H,5-8,10H2,1-2H3,(H2,16,17,18). The first-order chi connectivity index (χ1) is 10.2. The summed E-state index contributed by atoms with van der Waals surface area (Å²) < 4.78 is 15.7. The van der Waals surface area contributed by atoms with Crippen LogP contribution in [0.2, 0.25) is 0 Å². The molecule has 1 aliphatic heterocycles. The van der Waals surface area contributed by atoms with E-state index in [-0.39, 0.29) is 12.1 Å². The first-order valence-electron chi connectivity index (χ1n) is 7.06. The number of rotatable bonds is 6. The zero-order valence-corrected chi connectivity index (χ0v) is 12.5. The molecule has 1 heterocycles. The Morgan fingerprint density at radius 1 is 1.33 bits per heavy atom. The maximum absolute atomic E-state index is 11.7. The van der Waals surface area contributed by atoms with Crippen molar-refractivity contribution >= 4 is 6.03 Å². The van der Waals surface area contributed by atoms with Crippen LogP contribution in [0, 0.1) is 0 Å². The highest BCUT2D eigenvalue weighted by atomic mass is 16.5. The van der Waals surface area contributed by atoms with E-state index in [1.165, 1.54) is 0 Å². The highest BCUT2D eigenvalue weighted by molar-refractivity contribution is 5.74. The molecule has 21 heavy (non-hydrogen) atoms. The quantitative estimate of drug-likeness (QED) is 0.830. The van der Waals surface area contributed by atoms with E-state index >= 15 is 0 Å². The van der Waals surface area contributed by atoms with Crippen molar-refractivity contribution in [2.75, 3.05) is 34.0 Å². The third kappa shape index (κ3) is 4.53. The van der Waals surface area contributed by atoms with Gasteiger partial charge in [-0.05, 0) is 30.5 Å². The van der Waals surface area contributed by atoms with Crippen LogP contribution in [0.4, 0.5) is 4.79 Å². The highest BCUT2D eigenvalue weighted by Crippen LogP contribution is 2.27. The summed E-state index contributed by atoms with van der Waals surface area (Å²) in [5.41, 5.74) is 1.08. The molecule has 0 saturated carbocycles. The molecular weight excluding hydrogens is 272 g/mol. The molecule has 0 radical (unpaired) electrons. The predicted octanol–water partition coefficient (Wildman–Crippen LogP) is 1.33. The lowest BCUT2D eigenvalue weighted by Gasteiger charge is -2.12. The number of methoxy groups -OCH3 is 2. The van der Waals surface area contributed by atoms with Crippen LogP contribution in [0.1, 0.15) is 12.0 Å². The van der Waals surface area contributed by atoms with Crippen molar-refractivity contribution in [1.82, 2.24) is 10.6 Å². The van der Waals surface area contributed by atoms with E-state index in [1.807, 2.05) is 18.2 Å². The SMILES string of the molecule is COc1ccc(CCNC(=O)NC2CCOC2)cc1OC. The van der Waals surface area contributed by atoms with Crippen LogP contribution >= 0.6 is 0 Å². The number of nitrogens with one attached hydrogen (secondary N) is 2. The second-order valence-electron chi connectivity index (χ2n) is 4.90. The van der Waals surface area contributed by atoms with Gasteiger partial charge in [-0.1, -0.05) is 6.07 Å². The van der Waals surface area contributed by atoms with Gasteiger partial charge in [0.25, 0.3) is 0 Å². The van der Waals surface area contributed by atoms with Crippen molar-refractivity contribution < 1.29 is 19.0 Å². The first-order valence-corrected chi connectivity index (χ1v) is 7.06. The molecule has 2 rings (SSSR count). The Balaban J connectivity index is 1.76. The minimum atomic E-state index is -0.147. The summed E-state index contributed by atoms with van der Waals surface area (Å²) in [6.07, 6.45) is 1.61. The fourth-order valence-electron chi connectivity index (χ4n) is 2.24. The minimum Gasteiger partial charge on any atom is -0.493 e. The molecule has 0 aromatic heterocycles. The van der Waals surface area contributed by atoms with Crippen molar-refractivity contribution in [2.45, 2.75) is 18.9 Å². The van der Waals surface area contributed by atoms with Gasteiger partial charge in [0.15, 0.2) is 11.5 Å². The number of amides is 2. The normalized spacial score (nSPS) is 17.3. The van der Waals surface area contributed by atoms with Gasteiger partial charge in [0, 0.05) is 13.2 Å². The minimum absolute atomic E-state index is 0.131. The van der Waals surface area contributed by atoms with Gasteiger partial charge < -0.3 is 24.8 Å². The van der Waals surface area contributed by atoms with Crippen molar-refractivity contribution in [3.8, 4) is 11.5 Å². The third-order valence-corrected chi connectivity index (χ3v) is 3.41. The Morgan fingerprint density at radius 3 is 2.81 bits per heavy atom. The van der Waals surface area contributed by atoms with Crippen LogP contribution in [0.3, 0.4) is 0 Å².